The Morgan fingerprint density at radius 3 is 2.54 bits per heavy atom. The highest BCUT2D eigenvalue weighted by Gasteiger charge is 2.41. The number of likely N-dealkylation sites (tertiary alicyclic amines) is 1. The Hall–Kier alpha value is -3.40. The highest BCUT2D eigenvalue weighted by molar-refractivity contribution is 5.65. The minimum Gasteiger partial charge on any atom is -0.490 e. The van der Waals surface area contributed by atoms with Crippen molar-refractivity contribution in [2.24, 2.45) is 0 Å². The van der Waals surface area contributed by atoms with Crippen molar-refractivity contribution in [3.8, 4) is 11.8 Å². The second-order valence-electron chi connectivity index (χ2n) is 10.3. The maximum Gasteiger partial charge on any atom is 0.407 e. The Morgan fingerprint density at radius 2 is 1.85 bits per heavy atom. The molecule has 11 heteroatoms. The summed E-state index contributed by atoms with van der Waals surface area (Å²) in [5, 5.41) is 29.4. The number of anilines is 1. The topological polar surface area (TPSA) is 134 Å². The van der Waals surface area contributed by atoms with Crippen molar-refractivity contribution in [3.05, 3.63) is 59.2 Å². The van der Waals surface area contributed by atoms with E-state index in [1.807, 2.05) is 24.3 Å². The number of nitriles is 1. The first-order valence-corrected chi connectivity index (χ1v) is 13.8. The van der Waals surface area contributed by atoms with Crippen molar-refractivity contribution < 1.29 is 38.7 Å². The molecule has 4 rings (SSSR count). The highest BCUT2D eigenvalue weighted by Crippen LogP contribution is 2.36. The standard InChI is InChI=1S/C30H39N3O8/c1-37-12-3-10-32-11-13-39-26-9-6-22(14-25(26)32)18-40-27-16-33(30(35)36)17-28(41-20-24(34)19-38-2)29(27)23-7-4-21(15-31)5-8-23/h4-9,14,24,27-29,34H,3,10-13,16-20H2,1-2H3,(H,35,36)/t24?,27-,28+,29-/m0/s1. The summed E-state index contributed by atoms with van der Waals surface area (Å²) in [6.07, 6.45) is -2.15. The first-order chi connectivity index (χ1) is 19.9. The van der Waals surface area contributed by atoms with Crippen LogP contribution in [-0.2, 0) is 25.6 Å². The average molecular weight is 570 g/mol. The van der Waals surface area contributed by atoms with E-state index >= 15 is 0 Å². The number of ether oxygens (including phenoxy) is 5. The molecule has 2 aromatic carbocycles. The summed E-state index contributed by atoms with van der Waals surface area (Å²) in [5.41, 5.74) is 3.33. The SMILES string of the molecule is COCCCN1CCOc2ccc(CO[C@H]3CN(C(=O)O)C[C@@H](OCC(O)COC)[C@H]3c3ccc(C#N)cc3)cc21. The lowest BCUT2D eigenvalue weighted by Gasteiger charge is -2.43. The van der Waals surface area contributed by atoms with E-state index in [1.54, 1.807) is 19.2 Å². The second-order valence-corrected chi connectivity index (χ2v) is 10.3. The number of aliphatic hydroxyl groups is 1. The summed E-state index contributed by atoms with van der Waals surface area (Å²) in [6.45, 7) is 3.53. The molecule has 0 aromatic heterocycles. The van der Waals surface area contributed by atoms with Gasteiger partial charge in [0, 0.05) is 33.3 Å². The van der Waals surface area contributed by atoms with Crippen molar-refractivity contribution in [3.63, 3.8) is 0 Å². The van der Waals surface area contributed by atoms with E-state index in [2.05, 4.69) is 17.0 Å². The van der Waals surface area contributed by atoms with Crippen molar-refractivity contribution in [2.75, 3.05) is 71.7 Å². The molecule has 2 N–H and O–H groups in total. The van der Waals surface area contributed by atoms with Crippen LogP contribution in [0.4, 0.5) is 10.5 Å². The number of hydrogen-bond acceptors (Lipinski definition) is 9. The fourth-order valence-corrected chi connectivity index (χ4v) is 5.37. The van der Waals surface area contributed by atoms with Crippen LogP contribution in [0.2, 0.25) is 0 Å². The van der Waals surface area contributed by atoms with Gasteiger partial charge in [0.05, 0.1) is 69.0 Å². The average Bonchev–Trinajstić information content (AvgIpc) is 2.99. The molecule has 0 aliphatic carbocycles. The third-order valence-corrected chi connectivity index (χ3v) is 7.38. The van der Waals surface area contributed by atoms with E-state index in [1.165, 1.54) is 12.0 Å². The molecule has 0 spiro atoms. The van der Waals surface area contributed by atoms with Crippen LogP contribution in [0.3, 0.4) is 0 Å². The third-order valence-electron chi connectivity index (χ3n) is 7.38. The predicted molar refractivity (Wildman–Crippen MR) is 150 cm³/mol. The van der Waals surface area contributed by atoms with Gasteiger partial charge in [0.2, 0.25) is 0 Å². The molecular weight excluding hydrogens is 530 g/mol. The molecule has 222 valence electrons. The van der Waals surface area contributed by atoms with Crippen LogP contribution in [0.25, 0.3) is 0 Å². The maximum atomic E-state index is 12.1. The van der Waals surface area contributed by atoms with Gasteiger partial charge >= 0.3 is 6.09 Å². The number of fused-ring (bicyclic) bond motifs is 1. The van der Waals surface area contributed by atoms with Gasteiger partial charge in [-0.05, 0) is 41.8 Å². The minimum atomic E-state index is -1.07. The lowest BCUT2D eigenvalue weighted by molar-refractivity contribution is -0.107. The van der Waals surface area contributed by atoms with Crippen LogP contribution in [0.15, 0.2) is 42.5 Å². The van der Waals surface area contributed by atoms with Crippen molar-refractivity contribution in [2.45, 2.75) is 37.3 Å². The second kappa shape index (κ2) is 15.0. The van der Waals surface area contributed by atoms with E-state index in [0.29, 0.717) is 18.8 Å². The van der Waals surface area contributed by atoms with Crippen LogP contribution < -0.4 is 9.64 Å². The summed E-state index contributed by atoms with van der Waals surface area (Å²) in [6, 6.07) is 15.3. The van der Waals surface area contributed by atoms with Gasteiger partial charge in [0.15, 0.2) is 0 Å². The van der Waals surface area contributed by atoms with Crippen molar-refractivity contribution in [1.82, 2.24) is 4.90 Å². The molecule has 41 heavy (non-hydrogen) atoms. The molecule has 0 radical (unpaired) electrons. The van der Waals surface area contributed by atoms with Gasteiger partial charge in [0.25, 0.3) is 0 Å². The smallest absolute Gasteiger partial charge is 0.407 e. The fourth-order valence-electron chi connectivity index (χ4n) is 5.37. The van der Waals surface area contributed by atoms with E-state index in [0.717, 1.165) is 42.1 Å². The van der Waals surface area contributed by atoms with Gasteiger partial charge in [-0.25, -0.2) is 4.79 Å². The van der Waals surface area contributed by atoms with Crippen molar-refractivity contribution >= 4 is 11.8 Å². The number of methoxy groups -OCH3 is 2. The summed E-state index contributed by atoms with van der Waals surface area (Å²) >= 11 is 0. The molecule has 1 saturated heterocycles. The van der Waals surface area contributed by atoms with Gasteiger partial charge < -0.3 is 43.7 Å². The van der Waals surface area contributed by atoms with E-state index in [-0.39, 0.29) is 38.8 Å². The molecule has 2 heterocycles. The number of amides is 1. The lowest BCUT2D eigenvalue weighted by atomic mass is 9.84. The number of piperidine rings is 1. The predicted octanol–water partition coefficient (Wildman–Crippen LogP) is 2.85. The highest BCUT2D eigenvalue weighted by atomic mass is 16.5. The molecule has 1 unspecified atom stereocenters. The summed E-state index contributed by atoms with van der Waals surface area (Å²) in [5.74, 6) is 0.491. The zero-order chi connectivity index (χ0) is 29.2. The molecule has 11 nitrogen and oxygen atoms in total. The molecule has 1 amide bonds. The number of aliphatic hydroxyl groups excluding tert-OH is 1. The number of benzene rings is 2. The van der Waals surface area contributed by atoms with Crippen LogP contribution in [0.1, 0.15) is 29.0 Å². The zero-order valence-electron chi connectivity index (χ0n) is 23.6. The van der Waals surface area contributed by atoms with Crippen LogP contribution in [0.5, 0.6) is 5.75 Å². The Morgan fingerprint density at radius 1 is 1.10 bits per heavy atom. The number of hydrogen-bond donors (Lipinski definition) is 2. The molecule has 0 saturated carbocycles. The summed E-state index contributed by atoms with van der Waals surface area (Å²) in [4.78, 5) is 15.6. The number of rotatable bonds is 13. The number of carboxylic acid groups (broad SMARTS) is 1. The zero-order valence-corrected chi connectivity index (χ0v) is 23.6. The van der Waals surface area contributed by atoms with Crippen LogP contribution >= 0.6 is 0 Å². The Kier molecular flexibility index (Phi) is 11.2. The molecule has 1 fully saturated rings. The first kappa shape index (κ1) is 30.6. The molecule has 2 aliphatic rings. The largest absolute Gasteiger partial charge is 0.490 e. The van der Waals surface area contributed by atoms with E-state index in [4.69, 9.17) is 23.7 Å². The monoisotopic (exact) mass is 569 g/mol. The molecule has 2 aromatic rings. The van der Waals surface area contributed by atoms with Gasteiger partial charge in [0.1, 0.15) is 18.5 Å². The van der Waals surface area contributed by atoms with Crippen molar-refractivity contribution in [1.29, 1.82) is 5.26 Å². The summed E-state index contributed by atoms with van der Waals surface area (Å²) < 4.78 is 28.7. The third kappa shape index (κ3) is 8.09. The molecule has 4 atom stereocenters. The number of carbonyl (C=O) groups is 1. The Labute approximate surface area is 240 Å². The minimum absolute atomic E-state index is 0.0187. The molecule has 0 bridgehead atoms. The van der Waals surface area contributed by atoms with Crippen LogP contribution in [-0.4, -0.2) is 106 Å². The molecule has 2 aliphatic heterocycles. The quantitative estimate of drug-likeness (QED) is 0.347. The van der Waals surface area contributed by atoms with Gasteiger partial charge in [-0.3, -0.25) is 0 Å². The maximum absolute atomic E-state index is 12.1. The molecular formula is C30H39N3O8. The normalized spacial score (nSPS) is 21.1. The Bertz CT molecular complexity index is 1170. The van der Waals surface area contributed by atoms with E-state index in [9.17, 15) is 20.3 Å². The fraction of sp³-hybridized carbons (Fsp3) is 0.533. The lowest BCUT2D eigenvalue weighted by Crippen LogP contribution is -2.54. The summed E-state index contributed by atoms with van der Waals surface area (Å²) in [7, 11) is 3.19. The van der Waals surface area contributed by atoms with Crippen LogP contribution in [0, 0.1) is 11.3 Å². The van der Waals surface area contributed by atoms with Gasteiger partial charge in [-0.15, -0.1) is 0 Å². The Balaban J connectivity index is 1.56. The van der Waals surface area contributed by atoms with Gasteiger partial charge in [-0.1, -0.05) is 18.2 Å². The van der Waals surface area contributed by atoms with Gasteiger partial charge in [-0.2, -0.15) is 5.26 Å². The van der Waals surface area contributed by atoms with E-state index < -0.39 is 24.4 Å². The number of nitrogens with zero attached hydrogens (tertiary/aromatic N) is 3. The first-order valence-electron chi connectivity index (χ1n) is 13.8.